The van der Waals surface area contributed by atoms with E-state index >= 15 is 0 Å². The molecule has 2 aromatic carbocycles. The molecule has 0 radical (unpaired) electrons. The van der Waals surface area contributed by atoms with Crippen LogP contribution in [0.5, 0.6) is 0 Å². The summed E-state index contributed by atoms with van der Waals surface area (Å²) in [6, 6.07) is 17.2. The number of hydrogen-bond donors (Lipinski definition) is 4. The van der Waals surface area contributed by atoms with Crippen LogP contribution in [0.3, 0.4) is 0 Å². The molecular formula is C33H39N7O9S2. The predicted molar refractivity (Wildman–Crippen MR) is 186 cm³/mol. The number of hydrogen-bond acceptors (Lipinski definition) is 12. The van der Waals surface area contributed by atoms with Crippen LogP contribution in [-0.2, 0) is 42.4 Å². The molecule has 16 nitrogen and oxygen atoms in total. The van der Waals surface area contributed by atoms with Gasteiger partial charge in [0.25, 0.3) is 11.8 Å². The van der Waals surface area contributed by atoms with Crippen molar-refractivity contribution in [2.75, 3.05) is 12.5 Å². The van der Waals surface area contributed by atoms with E-state index in [9.17, 15) is 26.4 Å². The van der Waals surface area contributed by atoms with Gasteiger partial charge in [-0.2, -0.15) is 10.2 Å². The van der Waals surface area contributed by atoms with Gasteiger partial charge in [-0.3, -0.25) is 29.4 Å². The average molecular weight is 742 g/mol. The van der Waals surface area contributed by atoms with Gasteiger partial charge >= 0.3 is 0 Å². The number of hydroxylamine groups is 2. The first-order valence-corrected chi connectivity index (χ1v) is 19.2. The van der Waals surface area contributed by atoms with Crippen molar-refractivity contribution in [2.45, 2.75) is 49.3 Å². The largest absolute Gasteiger partial charge is 0.445 e. The number of aryl methyl sites for hydroxylation is 2. The van der Waals surface area contributed by atoms with Gasteiger partial charge in [-0.05, 0) is 49.9 Å². The minimum atomic E-state index is -3.75. The summed E-state index contributed by atoms with van der Waals surface area (Å²) < 4.78 is 52.8. The van der Waals surface area contributed by atoms with Gasteiger partial charge in [0.2, 0.25) is 5.89 Å². The number of nitrogens with one attached hydrogen (secondary N) is 2. The van der Waals surface area contributed by atoms with E-state index in [-0.39, 0.29) is 25.9 Å². The summed E-state index contributed by atoms with van der Waals surface area (Å²) in [6.45, 7) is 2.98. The first kappa shape index (κ1) is 38.6. The first-order chi connectivity index (χ1) is 24.0. The van der Waals surface area contributed by atoms with Gasteiger partial charge in [-0.15, -0.1) is 0 Å². The fraction of sp³-hybridized carbons (Fsp3) is 0.303. The summed E-state index contributed by atoms with van der Waals surface area (Å²) in [5.41, 5.74) is 7.37. The third-order valence-electron chi connectivity index (χ3n) is 8.71. The Kier molecular flexibility index (Phi) is 12.0. The second-order valence-electron chi connectivity index (χ2n) is 12.2. The van der Waals surface area contributed by atoms with E-state index in [1.165, 1.54) is 31.1 Å². The number of sulfone groups is 2. The Morgan fingerprint density at radius 3 is 1.53 bits per heavy atom. The summed E-state index contributed by atoms with van der Waals surface area (Å²) in [7, 11) is -7.45. The average Bonchev–Trinajstić information content (AvgIpc) is 3.92. The van der Waals surface area contributed by atoms with E-state index < -0.39 is 41.0 Å². The minimum Gasteiger partial charge on any atom is -0.445 e. The smallest absolute Gasteiger partial charge is 0.264 e. The van der Waals surface area contributed by atoms with Crippen molar-refractivity contribution in [3.63, 3.8) is 0 Å². The van der Waals surface area contributed by atoms with Crippen LogP contribution >= 0.6 is 0 Å². The molecule has 5 rings (SSSR count). The second-order valence-corrected chi connectivity index (χ2v) is 17.0. The van der Waals surface area contributed by atoms with Gasteiger partial charge in [0.1, 0.15) is 6.26 Å². The Labute approximate surface area is 294 Å². The Balaban J connectivity index is 0.000000233. The maximum atomic E-state index is 12.0. The maximum Gasteiger partial charge on any atom is 0.264 e. The van der Waals surface area contributed by atoms with Crippen LogP contribution in [0, 0.1) is 0 Å². The molecule has 0 fully saturated rings. The van der Waals surface area contributed by atoms with Crippen LogP contribution in [0.1, 0.15) is 26.7 Å². The molecule has 2 amide bonds. The van der Waals surface area contributed by atoms with Gasteiger partial charge < -0.3 is 4.42 Å². The van der Waals surface area contributed by atoms with Crippen LogP contribution < -0.4 is 11.0 Å². The number of aromatic nitrogens is 5. The molecule has 2 atom stereocenters. The molecule has 0 bridgehead atoms. The summed E-state index contributed by atoms with van der Waals surface area (Å²) >= 11 is 0. The van der Waals surface area contributed by atoms with E-state index in [4.69, 9.17) is 14.8 Å². The molecule has 272 valence electrons. The number of oxazole rings is 1. The lowest BCUT2D eigenvalue weighted by atomic mass is 10.1. The zero-order chi connectivity index (χ0) is 37.5. The third kappa shape index (κ3) is 8.95. The summed E-state index contributed by atoms with van der Waals surface area (Å²) in [5, 5.41) is 26.1. The lowest BCUT2D eigenvalue weighted by molar-refractivity contribution is -0.132. The molecule has 0 spiro atoms. The normalized spacial score (nSPS) is 14.0. The van der Waals surface area contributed by atoms with Crippen LogP contribution in [0.15, 0.2) is 96.3 Å². The molecule has 0 saturated carbocycles. The third-order valence-corrected chi connectivity index (χ3v) is 12.8. The molecule has 0 aliphatic rings. The number of rotatable bonds is 13. The van der Waals surface area contributed by atoms with E-state index in [2.05, 4.69) is 15.2 Å². The molecule has 0 aliphatic carbocycles. The van der Waals surface area contributed by atoms with Gasteiger partial charge in [0, 0.05) is 54.7 Å². The zero-order valence-electron chi connectivity index (χ0n) is 28.3. The molecule has 18 heteroatoms. The van der Waals surface area contributed by atoms with E-state index in [1.54, 1.807) is 40.3 Å². The van der Waals surface area contributed by atoms with Gasteiger partial charge in [-0.1, -0.05) is 42.5 Å². The SMILES string of the molecule is CC(CCn1cc(-c2ccccc2)cn1)(C(=O)NO)S(C)(=O)=O.C[C@@](CCn1cc(-c2ccc(-c3ncco3)cc2)cn1)(C(=O)NO)S(C)(=O)=O. The molecule has 0 saturated heterocycles. The molecular weight excluding hydrogens is 703 g/mol. The standard InChI is InChI=1S/C18H20N4O5S.C15H19N3O4S/c1-18(17(23)21-24,28(2,25)26)7-9-22-12-15(11-20-22)13-3-5-14(6-4-13)16-19-8-10-27-16;1-15(14(19)17-20,23(2,21)22)8-9-18-11-13(10-16-18)12-6-4-3-5-7-12/h3-6,8,10-12,24H,7,9H2,1-2H3,(H,21,23);3-7,10-11,20H,8-9H2,1-2H3,(H,17,19)/t18-;/m1./s1. The highest BCUT2D eigenvalue weighted by molar-refractivity contribution is 7.93. The Hall–Kier alpha value is -5.17. The van der Waals surface area contributed by atoms with Gasteiger partial charge in [0.15, 0.2) is 29.2 Å². The van der Waals surface area contributed by atoms with Gasteiger partial charge in [0.05, 0.1) is 18.6 Å². The van der Waals surface area contributed by atoms with E-state index in [0.29, 0.717) is 5.89 Å². The van der Waals surface area contributed by atoms with Crippen molar-refractivity contribution >= 4 is 31.5 Å². The molecule has 0 aliphatic heterocycles. The highest BCUT2D eigenvalue weighted by Gasteiger charge is 2.44. The molecule has 3 heterocycles. The van der Waals surface area contributed by atoms with Crippen LogP contribution in [-0.4, -0.2) is 85.6 Å². The van der Waals surface area contributed by atoms with Crippen molar-refractivity contribution in [1.82, 2.24) is 35.5 Å². The highest BCUT2D eigenvalue weighted by atomic mass is 32.2. The Morgan fingerprint density at radius 2 is 1.14 bits per heavy atom. The Bertz CT molecular complexity index is 2150. The van der Waals surface area contributed by atoms with Crippen LogP contribution in [0.2, 0.25) is 0 Å². The number of carbonyl (C=O) groups is 2. The predicted octanol–water partition coefficient (Wildman–Crippen LogP) is 3.15. The monoisotopic (exact) mass is 741 g/mol. The molecule has 3 aromatic heterocycles. The fourth-order valence-corrected chi connectivity index (χ4v) is 6.59. The fourth-order valence-electron chi connectivity index (χ4n) is 4.90. The van der Waals surface area contributed by atoms with Crippen LogP contribution in [0.25, 0.3) is 33.7 Å². The van der Waals surface area contributed by atoms with Crippen molar-refractivity contribution in [3.05, 3.63) is 91.8 Å². The summed E-state index contributed by atoms with van der Waals surface area (Å²) in [6.07, 6.45) is 11.9. The quantitative estimate of drug-likeness (QED) is 0.101. The highest BCUT2D eigenvalue weighted by Crippen LogP contribution is 2.26. The van der Waals surface area contributed by atoms with Crippen molar-refractivity contribution in [1.29, 1.82) is 0 Å². The van der Waals surface area contributed by atoms with Crippen molar-refractivity contribution in [3.8, 4) is 33.7 Å². The zero-order valence-corrected chi connectivity index (χ0v) is 29.9. The van der Waals surface area contributed by atoms with E-state index in [0.717, 1.165) is 40.3 Å². The van der Waals surface area contributed by atoms with Crippen molar-refractivity contribution in [2.24, 2.45) is 0 Å². The molecule has 51 heavy (non-hydrogen) atoms. The topological polar surface area (TPSA) is 229 Å². The second kappa shape index (κ2) is 15.8. The van der Waals surface area contributed by atoms with E-state index in [1.807, 2.05) is 54.6 Å². The molecule has 4 N–H and O–H groups in total. The maximum absolute atomic E-state index is 12.0. The Morgan fingerprint density at radius 1 is 0.706 bits per heavy atom. The summed E-state index contributed by atoms with van der Waals surface area (Å²) in [5.74, 6) is -1.38. The number of carbonyl (C=O) groups excluding carboxylic acids is 2. The van der Waals surface area contributed by atoms with Gasteiger partial charge in [-0.25, -0.2) is 32.8 Å². The number of benzene rings is 2. The minimum absolute atomic E-state index is 0.00582. The summed E-state index contributed by atoms with van der Waals surface area (Å²) in [4.78, 5) is 27.7. The first-order valence-electron chi connectivity index (χ1n) is 15.4. The number of amides is 2. The molecule has 5 aromatic rings. The lowest BCUT2D eigenvalue weighted by Crippen LogP contribution is -2.49. The number of nitrogens with zero attached hydrogens (tertiary/aromatic N) is 5. The van der Waals surface area contributed by atoms with Crippen molar-refractivity contribution < 1.29 is 41.3 Å². The lowest BCUT2D eigenvalue weighted by Gasteiger charge is -2.24. The van der Waals surface area contributed by atoms with Crippen LogP contribution in [0.4, 0.5) is 0 Å². The molecule has 1 unspecified atom stereocenters.